The first kappa shape index (κ1) is 50.1. The molecule has 2 heterocycles. The fraction of sp³-hybridized carbons (Fsp3) is 0.907. The van der Waals surface area contributed by atoms with Crippen LogP contribution in [0.15, 0.2) is 0 Å². The topological polar surface area (TPSA) is 118 Å². The average Bonchev–Trinajstić information content (AvgIpc) is 3.04. The molecule has 0 aromatic heterocycles. The molecule has 2 saturated heterocycles. The molecule has 2 aliphatic rings. The van der Waals surface area contributed by atoms with Crippen molar-refractivity contribution >= 4 is 24.4 Å². The van der Waals surface area contributed by atoms with Crippen LogP contribution in [0, 0.1) is 11.8 Å². The second kappa shape index (κ2) is 23.3. The molecule has 12 heteroatoms. The van der Waals surface area contributed by atoms with Crippen LogP contribution in [0.5, 0.6) is 0 Å². The van der Waals surface area contributed by atoms with E-state index in [2.05, 4.69) is 0 Å². The van der Waals surface area contributed by atoms with Crippen molar-refractivity contribution < 1.29 is 38.1 Å². The molecule has 0 aliphatic carbocycles. The number of likely N-dealkylation sites (tertiary alicyclic amines) is 2. The Kier molecular flexibility index (Phi) is 21.3. The van der Waals surface area contributed by atoms with Crippen LogP contribution in [0.1, 0.15) is 168 Å². The van der Waals surface area contributed by atoms with E-state index in [0.29, 0.717) is 26.2 Å². The molecule has 55 heavy (non-hydrogen) atoms. The van der Waals surface area contributed by atoms with Crippen LogP contribution in [-0.2, 0) is 18.9 Å². The van der Waals surface area contributed by atoms with E-state index in [4.69, 9.17) is 18.9 Å². The Morgan fingerprint density at radius 1 is 0.473 bits per heavy atom. The SMILES string of the molecule is CC(C)(C)OC(=O)N1CCC(CCCC2CCN(C(=O)OC(C)(C)C)CC2)CC1.CCN(CCCCCCN(CC)C(=O)OC(C)(C)C)C(=O)OC(C)(C)C. The number of hydrogen-bond donors (Lipinski definition) is 0. The molecule has 0 spiro atoms. The summed E-state index contributed by atoms with van der Waals surface area (Å²) >= 11 is 0. The molecule has 0 N–H and O–H groups in total. The maximum absolute atomic E-state index is 12.2. The van der Waals surface area contributed by atoms with Gasteiger partial charge in [0.25, 0.3) is 0 Å². The van der Waals surface area contributed by atoms with E-state index in [9.17, 15) is 19.2 Å². The van der Waals surface area contributed by atoms with Gasteiger partial charge in [-0.25, -0.2) is 19.2 Å². The number of carbonyl (C=O) groups excluding carboxylic acids is 4. The number of rotatable bonds is 13. The molecule has 0 aromatic rings. The summed E-state index contributed by atoms with van der Waals surface area (Å²) in [5.74, 6) is 1.44. The Bertz CT molecular complexity index is 1050. The highest BCUT2D eigenvalue weighted by Gasteiger charge is 2.29. The zero-order valence-electron chi connectivity index (χ0n) is 37.6. The van der Waals surface area contributed by atoms with Gasteiger partial charge < -0.3 is 38.5 Å². The molecule has 0 bridgehead atoms. The number of amides is 4. The molecule has 0 radical (unpaired) electrons. The molecule has 0 unspecified atom stereocenters. The van der Waals surface area contributed by atoms with Gasteiger partial charge in [-0.05, 0) is 147 Å². The summed E-state index contributed by atoms with van der Waals surface area (Å²) in [6.45, 7) is 32.6. The van der Waals surface area contributed by atoms with Crippen molar-refractivity contribution in [1.82, 2.24) is 19.6 Å². The second-order valence-electron chi connectivity index (χ2n) is 19.3. The van der Waals surface area contributed by atoms with Crippen molar-refractivity contribution in [3.05, 3.63) is 0 Å². The summed E-state index contributed by atoms with van der Waals surface area (Å²) in [7, 11) is 0. The van der Waals surface area contributed by atoms with E-state index < -0.39 is 22.4 Å². The molecule has 12 nitrogen and oxygen atoms in total. The highest BCUT2D eigenvalue weighted by atomic mass is 16.6. The highest BCUT2D eigenvalue weighted by molar-refractivity contribution is 5.69. The maximum Gasteiger partial charge on any atom is 0.410 e. The Balaban J connectivity index is 0.000000554. The zero-order valence-corrected chi connectivity index (χ0v) is 37.6. The molecule has 0 saturated carbocycles. The lowest BCUT2D eigenvalue weighted by Crippen LogP contribution is -2.42. The maximum atomic E-state index is 12.2. The second-order valence-corrected chi connectivity index (χ2v) is 19.3. The van der Waals surface area contributed by atoms with Gasteiger partial charge in [0.1, 0.15) is 22.4 Å². The quantitative estimate of drug-likeness (QED) is 0.134. The smallest absolute Gasteiger partial charge is 0.410 e. The van der Waals surface area contributed by atoms with Gasteiger partial charge in [-0.15, -0.1) is 0 Å². The minimum Gasteiger partial charge on any atom is -0.444 e. The van der Waals surface area contributed by atoms with Crippen molar-refractivity contribution in [3.63, 3.8) is 0 Å². The van der Waals surface area contributed by atoms with Gasteiger partial charge in [-0.3, -0.25) is 0 Å². The number of hydrogen-bond acceptors (Lipinski definition) is 8. The Morgan fingerprint density at radius 3 is 1.02 bits per heavy atom. The van der Waals surface area contributed by atoms with Gasteiger partial charge in [0.2, 0.25) is 0 Å². The van der Waals surface area contributed by atoms with E-state index in [-0.39, 0.29) is 24.4 Å². The average molecular weight is 783 g/mol. The first-order valence-electron chi connectivity index (χ1n) is 21.2. The Hall–Kier alpha value is -2.92. The third-order valence-electron chi connectivity index (χ3n) is 9.43. The first-order chi connectivity index (χ1) is 25.3. The number of ether oxygens (including phenoxy) is 4. The Morgan fingerprint density at radius 2 is 0.764 bits per heavy atom. The number of carbonyl (C=O) groups is 4. The summed E-state index contributed by atoms with van der Waals surface area (Å²) in [6.07, 6.45) is 11.1. The predicted molar refractivity (Wildman–Crippen MR) is 220 cm³/mol. The van der Waals surface area contributed by atoms with Crippen molar-refractivity contribution in [3.8, 4) is 0 Å². The van der Waals surface area contributed by atoms with E-state index in [1.165, 1.54) is 19.3 Å². The minimum atomic E-state index is -0.463. The van der Waals surface area contributed by atoms with Gasteiger partial charge >= 0.3 is 24.4 Å². The van der Waals surface area contributed by atoms with Gasteiger partial charge in [0.05, 0.1) is 0 Å². The van der Waals surface area contributed by atoms with Gasteiger partial charge in [0, 0.05) is 52.4 Å². The number of piperidine rings is 2. The van der Waals surface area contributed by atoms with Crippen LogP contribution >= 0.6 is 0 Å². The van der Waals surface area contributed by atoms with E-state index >= 15 is 0 Å². The molecule has 4 amide bonds. The molecule has 322 valence electrons. The fourth-order valence-corrected chi connectivity index (χ4v) is 6.53. The summed E-state index contributed by atoms with van der Waals surface area (Å²) in [6, 6.07) is 0. The third kappa shape index (κ3) is 23.7. The lowest BCUT2D eigenvalue weighted by Gasteiger charge is -2.34. The summed E-state index contributed by atoms with van der Waals surface area (Å²) in [5, 5.41) is 0. The molecule has 2 aliphatic heterocycles. The molecule has 0 aromatic carbocycles. The van der Waals surface area contributed by atoms with Crippen LogP contribution in [-0.4, -0.2) is 119 Å². The monoisotopic (exact) mass is 783 g/mol. The number of nitrogens with zero attached hydrogens (tertiary/aromatic N) is 4. The van der Waals surface area contributed by atoms with E-state index in [1.54, 1.807) is 9.80 Å². The van der Waals surface area contributed by atoms with Crippen LogP contribution in [0.3, 0.4) is 0 Å². The van der Waals surface area contributed by atoms with E-state index in [1.807, 2.05) is 107 Å². The van der Waals surface area contributed by atoms with Crippen molar-refractivity contribution in [1.29, 1.82) is 0 Å². The number of unbranched alkanes of at least 4 members (excludes halogenated alkanes) is 3. The predicted octanol–water partition coefficient (Wildman–Crippen LogP) is 10.5. The molecule has 0 atom stereocenters. The normalized spacial score (nSPS) is 16.1. The first-order valence-corrected chi connectivity index (χ1v) is 21.2. The van der Waals surface area contributed by atoms with Crippen molar-refractivity contribution in [2.75, 3.05) is 52.4 Å². The van der Waals surface area contributed by atoms with Crippen molar-refractivity contribution in [2.24, 2.45) is 11.8 Å². The zero-order chi connectivity index (χ0) is 42.0. The molecular weight excluding hydrogens is 700 g/mol. The van der Waals surface area contributed by atoms with Crippen LogP contribution in [0.4, 0.5) is 19.2 Å². The molecule has 2 rings (SSSR count). The van der Waals surface area contributed by atoms with Gasteiger partial charge in [-0.2, -0.15) is 0 Å². The standard InChI is InChI=1S/C23H42N2O4.C20H40N2O4/c1-22(2,3)28-20(26)24-14-10-18(11-15-24)8-7-9-19-12-16-25(17-13-19)21(27)29-23(4,5)6;1-9-21(17(23)25-19(3,4)5)15-13-11-12-14-16-22(10-2)18(24)26-20(6,7)8/h18-19H,7-17H2,1-6H3;9-16H2,1-8H3. The molecular formula is C43H82N4O8. The largest absolute Gasteiger partial charge is 0.444 e. The van der Waals surface area contributed by atoms with Gasteiger partial charge in [-0.1, -0.05) is 32.1 Å². The Labute approximate surface area is 335 Å². The molecule has 2 fully saturated rings. The van der Waals surface area contributed by atoms with Crippen molar-refractivity contribution in [2.45, 2.75) is 190 Å². The third-order valence-corrected chi connectivity index (χ3v) is 9.43. The van der Waals surface area contributed by atoms with Gasteiger partial charge in [0.15, 0.2) is 0 Å². The van der Waals surface area contributed by atoms with E-state index in [0.717, 1.165) is 89.4 Å². The summed E-state index contributed by atoms with van der Waals surface area (Å²) < 4.78 is 21.8. The fourth-order valence-electron chi connectivity index (χ4n) is 6.53. The lowest BCUT2D eigenvalue weighted by atomic mass is 9.87. The highest BCUT2D eigenvalue weighted by Crippen LogP contribution is 2.28. The lowest BCUT2D eigenvalue weighted by molar-refractivity contribution is 0.0176. The van der Waals surface area contributed by atoms with Crippen LogP contribution in [0.2, 0.25) is 0 Å². The minimum absolute atomic E-state index is 0.173. The van der Waals surface area contributed by atoms with Crippen LogP contribution < -0.4 is 0 Å². The summed E-state index contributed by atoms with van der Waals surface area (Å²) in [5.41, 5.74) is -1.77. The van der Waals surface area contributed by atoms with Crippen LogP contribution in [0.25, 0.3) is 0 Å². The summed E-state index contributed by atoms with van der Waals surface area (Å²) in [4.78, 5) is 55.7.